The SMILES string of the molecule is CCCCCc1cc(F)c(C2CCc3cc(OCCC)ccc3C2)c(F)c1. The van der Waals surface area contributed by atoms with Gasteiger partial charge in [-0.1, -0.05) is 32.8 Å². The lowest BCUT2D eigenvalue weighted by atomic mass is 9.79. The van der Waals surface area contributed by atoms with E-state index in [1.165, 1.54) is 11.1 Å². The Bertz CT molecular complexity index is 746. The molecule has 0 saturated carbocycles. The number of fused-ring (bicyclic) bond motifs is 1. The second kappa shape index (κ2) is 9.34. The van der Waals surface area contributed by atoms with Crippen LogP contribution in [0.2, 0.25) is 0 Å². The van der Waals surface area contributed by atoms with Crippen LogP contribution in [0.3, 0.4) is 0 Å². The van der Waals surface area contributed by atoms with Crippen molar-refractivity contribution >= 4 is 0 Å². The Morgan fingerprint density at radius 1 is 0.963 bits per heavy atom. The van der Waals surface area contributed by atoms with Crippen LogP contribution in [-0.4, -0.2) is 6.61 Å². The maximum absolute atomic E-state index is 14.7. The fourth-order valence-electron chi connectivity index (χ4n) is 4.04. The van der Waals surface area contributed by atoms with Crippen molar-refractivity contribution in [2.24, 2.45) is 0 Å². The second-order valence-corrected chi connectivity index (χ2v) is 7.65. The number of unbranched alkanes of at least 4 members (excludes halogenated alkanes) is 2. The zero-order valence-corrected chi connectivity index (χ0v) is 16.5. The van der Waals surface area contributed by atoms with Crippen molar-refractivity contribution in [3.63, 3.8) is 0 Å². The van der Waals surface area contributed by atoms with E-state index in [4.69, 9.17) is 4.74 Å². The number of hydrogen-bond donors (Lipinski definition) is 0. The van der Waals surface area contributed by atoms with Crippen molar-refractivity contribution in [3.8, 4) is 5.75 Å². The van der Waals surface area contributed by atoms with E-state index >= 15 is 0 Å². The summed E-state index contributed by atoms with van der Waals surface area (Å²) in [6, 6.07) is 9.21. The topological polar surface area (TPSA) is 9.23 Å². The summed E-state index contributed by atoms with van der Waals surface area (Å²) in [7, 11) is 0. The Balaban J connectivity index is 1.74. The highest BCUT2D eigenvalue weighted by atomic mass is 19.1. The monoisotopic (exact) mass is 372 g/mol. The molecular formula is C24H30F2O. The van der Waals surface area contributed by atoms with Crippen LogP contribution in [-0.2, 0) is 19.3 Å². The molecule has 0 spiro atoms. The van der Waals surface area contributed by atoms with Crippen LogP contribution in [0.15, 0.2) is 30.3 Å². The van der Waals surface area contributed by atoms with Gasteiger partial charge in [-0.2, -0.15) is 0 Å². The van der Waals surface area contributed by atoms with Gasteiger partial charge in [0.1, 0.15) is 17.4 Å². The summed E-state index contributed by atoms with van der Waals surface area (Å²) >= 11 is 0. The number of benzene rings is 2. The number of rotatable bonds is 8. The predicted molar refractivity (Wildman–Crippen MR) is 107 cm³/mol. The molecule has 1 aliphatic rings. The summed E-state index contributed by atoms with van der Waals surface area (Å²) in [4.78, 5) is 0. The number of aryl methyl sites for hydroxylation is 2. The first-order valence-corrected chi connectivity index (χ1v) is 10.3. The molecule has 0 heterocycles. The molecule has 2 aromatic rings. The quantitative estimate of drug-likeness (QED) is 0.465. The normalized spacial score (nSPS) is 16.2. The van der Waals surface area contributed by atoms with Crippen molar-refractivity contribution in [2.45, 2.75) is 71.1 Å². The Morgan fingerprint density at radius 2 is 1.74 bits per heavy atom. The van der Waals surface area contributed by atoms with Crippen LogP contribution in [0.1, 0.15) is 74.1 Å². The van der Waals surface area contributed by atoms with Crippen LogP contribution in [0.4, 0.5) is 8.78 Å². The van der Waals surface area contributed by atoms with Gasteiger partial charge < -0.3 is 4.74 Å². The molecule has 0 aromatic heterocycles. The zero-order chi connectivity index (χ0) is 19.2. The molecule has 0 N–H and O–H groups in total. The van der Waals surface area contributed by atoms with E-state index in [0.717, 1.165) is 56.3 Å². The van der Waals surface area contributed by atoms with Crippen molar-refractivity contribution in [1.29, 1.82) is 0 Å². The van der Waals surface area contributed by atoms with Gasteiger partial charge in [0.05, 0.1) is 6.61 Å². The first-order valence-electron chi connectivity index (χ1n) is 10.3. The maximum atomic E-state index is 14.7. The largest absolute Gasteiger partial charge is 0.494 e. The van der Waals surface area contributed by atoms with Crippen LogP contribution in [0.5, 0.6) is 5.75 Å². The average Bonchev–Trinajstić information content (AvgIpc) is 2.66. The lowest BCUT2D eigenvalue weighted by Gasteiger charge is -2.26. The van der Waals surface area contributed by atoms with E-state index in [2.05, 4.69) is 26.0 Å². The summed E-state index contributed by atoms with van der Waals surface area (Å²) < 4.78 is 35.2. The van der Waals surface area contributed by atoms with Crippen LogP contribution < -0.4 is 4.74 Å². The molecule has 0 aliphatic heterocycles. The van der Waals surface area contributed by atoms with Crippen molar-refractivity contribution < 1.29 is 13.5 Å². The second-order valence-electron chi connectivity index (χ2n) is 7.65. The third-order valence-electron chi connectivity index (χ3n) is 5.50. The molecular weight excluding hydrogens is 342 g/mol. The molecule has 1 nitrogen and oxygen atoms in total. The Labute approximate surface area is 161 Å². The first kappa shape index (κ1) is 19.9. The Kier molecular flexibility index (Phi) is 6.87. The molecule has 0 fully saturated rings. The molecule has 0 amide bonds. The third kappa shape index (κ3) is 4.88. The number of ether oxygens (including phenoxy) is 1. The molecule has 0 saturated heterocycles. The molecule has 1 atom stereocenters. The molecule has 0 radical (unpaired) electrons. The molecule has 1 aliphatic carbocycles. The van der Waals surface area contributed by atoms with E-state index in [1.807, 2.05) is 6.07 Å². The minimum atomic E-state index is -0.377. The zero-order valence-electron chi connectivity index (χ0n) is 16.5. The highest BCUT2D eigenvalue weighted by Gasteiger charge is 2.26. The summed E-state index contributed by atoms with van der Waals surface area (Å²) in [6.45, 7) is 4.92. The van der Waals surface area contributed by atoms with Crippen molar-refractivity contribution in [3.05, 3.63) is 64.2 Å². The van der Waals surface area contributed by atoms with Crippen molar-refractivity contribution in [1.82, 2.24) is 0 Å². The standard InChI is InChI=1S/C24H30F2O/c1-3-5-6-7-17-13-22(25)24(23(26)14-17)20-9-8-19-16-21(27-12-4-2)11-10-18(19)15-20/h10-11,13-14,16,20H,3-9,12,15H2,1-2H3. The average molecular weight is 372 g/mol. The highest BCUT2D eigenvalue weighted by Crippen LogP contribution is 2.37. The minimum absolute atomic E-state index is 0.0930. The summed E-state index contributed by atoms with van der Waals surface area (Å²) in [5, 5.41) is 0. The van der Waals surface area contributed by atoms with Crippen LogP contribution >= 0.6 is 0 Å². The first-order chi connectivity index (χ1) is 13.1. The molecule has 27 heavy (non-hydrogen) atoms. The summed E-state index contributed by atoms with van der Waals surface area (Å²) in [5.74, 6) is 0.0446. The van der Waals surface area contributed by atoms with E-state index in [1.54, 1.807) is 12.1 Å². The molecule has 3 heteroatoms. The van der Waals surface area contributed by atoms with Gasteiger partial charge in [-0.05, 0) is 85.4 Å². The molecule has 1 unspecified atom stereocenters. The maximum Gasteiger partial charge on any atom is 0.129 e. The van der Waals surface area contributed by atoms with Crippen LogP contribution in [0.25, 0.3) is 0 Å². The van der Waals surface area contributed by atoms with Gasteiger partial charge in [0.2, 0.25) is 0 Å². The highest BCUT2D eigenvalue weighted by molar-refractivity contribution is 5.40. The van der Waals surface area contributed by atoms with Gasteiger partial charge in [-0.15, -0.1) is 0 Å². The fourth-order valence-corrected chi connectivity index (χ4v) is 4.04. The van der Waals surface area contributed by atoms with Gasteiger partial charge in [0.25, 0.3) is 0 Å². The van der Waals surface area contributed by atoms with Crippen LogP contribution in [0, 0.1) is 11.6 Å². The molecule has 2 aromatic carbocycles. The van der Waals surface area contributed by atoms with Crippen molar-refractivity contribution in [2.75, 3.05) is 6.61 Å². The van der Waals surface area contributed by atoms with Gasteiger partial charge in [-0.3, -0.25) is 0 Å². The summed E-state index contributed by atoms with van der Waals surface area (Å²) in [5.41, 5.74) is 3.47. The smallest absolute Gasteiger partial charge is 0.129 e. The fraction of sp³-hybridized carbons (Fsp3) is 0.500. The third-order valence-corrected chi connectivity index (χ3v) is 5.50. The lowest BCUT2D eigenvalue weighted by Crippen LogP contribution is -2.16. The van der Waals surface area contributed by atoms with Gasteiger partial charge in [-0.25, -0.2) is 8.78 Å². The molecule has 0 bridgehead atoms. The molecule has 146 valence electrons. The van der Waals surface area contributed by atoms with E-state index in [9.17, 15) is 8.78 Å². The van der Waals surface area contributed by atoms with E-state index in [-0.39, 0.29) is 23.1 Å². The predicted octanol–water partition coefficient (Wildman–Crippen LogP) is 6.76. The van der Waals surface area contributed by atoms with E-state index < -0.39 is 0 Å². The summed E-state index contributed by atoms with van der Waals surface area (Å²) in [6.07, 6.45) is 7.19. The number of hydrogen-bond acceptors (Lipinski definition) is 1. The molecule has 3 rings (SSSR count). The Morgan fingerprint density at radius 3 is 2.44 bits per heavy atom. The van der Waals surface area contributed by atoms with E-state index in [0.29, 0.717) is 13.0 Å². The van der Waals surface area contributed by atoms with Gasteiger partial charge in [0.15, 0.2) is 0 Å². The number of halogens is 2. The van der Waals surface area contributed by atoms with Gasteiger partial charge in [0, 0.05) is 5.56 Å². The lowest BCUT2D eigenvalue weighted by molar-refractivity contribution is 0.316. The Hall–Kier alpha value is -1.90. The minimum Gasteiger partial charge on any atom is -0.494 e. The van der Waals surface area contributed by atoms with Gasteiger partial charge >= 0.3 is 0 Å².